The van der Waals surface area contributed by atoms with E-state index in [4.69, 9.17) is 10.00 Å². The molecule has 6 nitrogen and oxygen atoms in total. The molecule has 1 aromatic carbocycles. The summed E-state index contributed by atoms with van der Waals surface area (Å²) >= 11 is 0. The van der Waals surface area contributed by atoms with Gasteiger partial charge in [0.05, 0.1) is 0 Å². The number of amides is 1. The predicted molar refractivity (Wildman–Crippen MR) is 86.5 cm³/mol. The monoisotopic (exact) mass is 313 g/mol. The van der Waals surface area contributed by atoms with Crippen LogP contribution in [-0.2, 0) is 14.3 Å². The molecule has 120 valence electrons. The molecule has 1 fully saturated rings. The molecule has 6 heteroatoms. The number of nitriles is 1. The van der Waals surface area contributed by atoms with Gasteiger partial charge in [-0.3, -0.25) is 4.79 Å². The van der Waals surface area contributed by atoms with Gasteiger partial charge in [0.25, 0.3) is 5.91 Å². The van der Waals surface area contributed by atoms with Crippen LogP contribution in [0.4, 0.5) is 5.69 Å². The van der Waals surface area contributed by atoms with E-state index in [-0.39, 0.29) is 24.1 Å². The highest BCUT2D eigenvalue weighted by molar-refractivity contribution is 5.98. The van der Waals surface area contributed by atoms with Crippen molar-refractivity contribution in [3.05, 3.63) is 35.4 Å². The van der Waals surface area contributed by atoms with Gasteiger partial charge >= 0.3 is 5.97 Å². The largest absolute Gasteiger partial charge is 0.451 e. The summed E-state index contributed by atoms with van der Waals surface area (Å²) < 4.78 is 4.87. The Hall–Kier alpha value is -2.81. The summed E-state index contributed by atoms with van der Waals surface area (Å²) in [5, 5.41) is 11.8. The highest BCUT2D eigenvalue weighted by Crippen LogP contribution is 2.18. The van der Waals surface area contributed by atoms with Crippen molar-refractivity contribution in [2.24, 2.45) is 0 Å². The molecule has 0 radical (unpaired) electrons. The number of carbonyl (C=O) groups excluding carboxylic acids is 2. The zero-order valence-corrected chi connectivity index (χ0v) is 13.2. The van der Waals surface area contributed by atoms with Gasteiger partial charge in [-0.05, 0) is 36.6 Å². The van der Waals surface area contributed by atoms with Crippen molar-refractivity contribution in [1.82, 2.24) is 5.32 Å². The Balaban J connectivity index is 1.95. The maximum Gasteiger partial charge on any atom is 0.349 e. The smallest absolute Gasteiger partial charge is 0.349 e. The third-order valence-electron chi connectivity index (χ3n) is 3.34. The fraction of sp³-hybridized carbons (Fsp3) is 0.353. The normalized spacial score (nSPS) is 13.9. The molecular formula is C17H19N3O3. The second kappa shape index (κ2) is 7.45. The van der Waals surface area contributed by atoms with Crippen LogP contribution in [0.1, 0.15) is 18.4 Å². The number of nitrogens with one attached hydrogen (secondary N) is 1. The SMILES string of the molecule is CN(C)c1ccc(/C=C(\C#N)C(=O)OCC(=O)NC2CC2)cc1. The number of hydrogen-bond donors (Lipinski definition) is 1. The first-order valence-electron chi connectivity index (χ1n) is 7.35. The lowest BCUT2D eigenvalue weighted by molar-refractivity contribution is -0.144. The Morgan fingerprint density at radius 2 is 2.00 bits per heavy atom. The zero-order chi connectivity index (χ0) is 16.8. The fourth-order valence-corrected chi connectivity index (χ4v) is 1.88. The topological polar surface area (TPSA) is 82.4 Å². The Bertz CT molecular complexity index is 653. The summed E-state index contributed by atoms with van der Waals surface area (Å²) in [4.78, 5) is 25.3. The van der Waals surface area contributed by atoms with Crippen molar-refractivity contribution < 1.29 is 14.3 Å². The molecular weight excluding hydrogens is 294 g/mol. The van der Waals surface area contributed by atoms with Crippen LogP contribution < -0.4 is 10.2 Å². The van der Waals surface area contributed by atoms with Crippen molar-refractivity contribution in [2.45, 2.75) is 18.9 Å². The lowest BCUT2D eigenvalue weighted by atomic mass is 10.1. The first kappa shape index (κ1) is 16.6. The second-order valence-corrected chi connectivity index (χ2v) is 5.57. The molecule has 0 aromatic heterocycles. The maximum atomic E-state index is 11.9. The van der Waals surface area contributed by atoms with E-state index in [0.29, 0.717) is 5.56 Å². The number of carbonyl (C=O) groups is 2. The van der Waals surface area contributed by atoms with E-state index in [2.05, 4.69) is 5.32 Å². The third kappa shape index (κ3) is 5.15. The van der Waals surface area contributed by atoms with Crippen LogP contribution in [-0.4, -0.2) is 38.6 Å². The number of esters is 1. The van der Waals surface area contributed by atoms with Gasteiger partial charge in [0.1, 0.15) is 11.6 Å². The molecule has 1 aromatic rings. The van der Waals surface area contributed by atoms with Crippen molar-refractivity contribution >= 4 is 23.6 Å². The standard InChI is InChI=1S/C17H19N3O3/c1-20(2)15-7-3-12(4-8-15)9-13(10-18)17(22)23-11-16(21)19-14-5-6-14/h3-4,7-9,14H,5-6,11H2,1-2H3,(H,19,21)/b13-9+. The van der Waals surface area contributed by atoms with E-state index in [1.807, 2.05) is 37.2 Å². The van der Waals surface area contributed by atoms with Crippen molar-refractivity contribution in [2.75, 3.05) is 25.6 Å². The number of benzene rings is 1. The maximum absolute atomic E-state index is 11.9. The van der Waals surface area contributed by atoms with Crippen LogP contribution in [0.3, 0.4) is 0 Å². The number of anilines is 1. The quantitative estimate of drug-likeness (QED) is 0.489. The van der Waals surface area contributed by atoms with Gasteiger partial charge in [0.15, 0.2) is 6.61 Å². The van der Waals surface area contributed by atoms with E-state index in [1.54, 1.807) is 12.1 Å². The number of ether oxygens (including phenoxy) is 1. The molecule has 0 spiro atoms. The van der Waals surface area contributed by atoms with Crippen LogP contribution in [0.15, 0.2) is 29.8 Å². The lowest BCUT2D eigenvalue weighted by Crippen LogP contribution is -2.30. The minimum Gasteiger partial charge on any atom is -0.451 e. The predicted octanol–water partition coefficient (Wildman–Crippen LogP) is 1.48. The van der Waals surface area contributed by atoms with E-state index < -0.39 is 5.97 Å². The molecule has 0 heterocycles. The highest BCUT2D eigenvalue weighted by Gasteiger charge is 2.23. The van der Waals surface area contributed by atoms with Crippen LogP contribution in [0.2, 0.25) is 0 Å². The molecule has 0 atom stereocenters. The summed E-state index contributed by atoms with van der Waals surface area (Å²) in [5.41, 5.74) is 1.59. The third-order valence-corrected chi connectivity index (χ3v) is 3.34. The van der Waals surface area contributed by atoms with E-state index in [0.717, 1.165) is 18.5 Å². The molecule has 0 aliphatic heterocycles. The summed E-state index contributed by atoms with van der Waals surface area (Å²) in [6.07, 6.45) is 3.37. The number of rotatable bonds is 6. The van der Waals surface area contributed by atoms with Gasteiger partial charge in [0.2, 0.25) is 0 Å². The Kier molecular flexibility index (Phi) is 5.36. The van der Waals surface area contributed by atoms with Crippen molar-refractivity contribution in [3.63, 3.8) is 0 Å². The molecule has 0 unspecified atom stereocenters. The second-order valence-electron chi connectivity index (χ2n) is 5.57. The van der Waals surface area contributed by atoms with Crippen LogP contribution in [0.5, 0.6) is 0 Å². The summed E-state index contributed by atoms with van der Waals surface area (Å²) in [6, 6.07) is 9.40. The van der Waals surface area contributed by atoms with Crippen molar-refractivity contribution in [1.29, 1.82) is 5.26 Å². The molecule has 1 amide bonds. The van der Waals surface area contributed by atoms with Gasteiger partial charge in [-0.15, -0.1) is 0 Å². The molecule has 1 aliphatic rings. The molecule has 0 saturated heterocycles. The fourth-order valence-electron chi connectivity index (χ4n) is 1.88. The van der Waals surface area contributed by atoms with Crippen molar-refractivity contribution in [3.8, 4) is 6.07 Å². The summed E-state index contributed by atoms with van der Waals surface area (Å²) in [6.45, 7) is -0.367. The summed E-state index contributed by atoms with van der Waals surface area (Å²) in [7, 11) is 3.85. The molecule has 1 saturated carbocycles. The first-order valence-corrected chi connectivity index (χ1v) is 7.35. The number of hydrogen-bond acceptors (Lipinski definition) is 5. The van der Waals surface area contributed by atoms with Gasteiger partial charge in [-0.2, -0.15) is 5.26 Å². The Labute approximate surface area is 135 Å². The van der Waals surface area contributed by atoms with E-state index in [9.17, 15) is 9.59 Å². The summed E-state index contributed by atoms with van der Waals surface area (Å²) in [5.74, 6) is -1.14. The van der Waals surface area contributed by atoms with Gasteiger partial charge in [0, 0.05) is 25.8 Å². The minimum atomic E-state index is -0.796. The average molecular weight is 313 g/mol. The van der Waals surface area contributed by atoms with E-state index >= 15 is 0 Å². The molecule has 23 heavy (non-hydrogen) atoms. The number of nitrogens with zero attached hydrogens (tertiary/aromatic N) is 2. The van der Waals surface area contributed by atoms with Gasteiger partial charge in [-0.25, -0.2) is 4.79 Å². The van der Waals surface area contributed by atoms with Gasteiger partial charge in [-0.1, -0.05) is 12.1 Å². The van der Waals surface area contributed by atoms with E-state index in [1.165, 1.54) is 6.08 Å². The minimum absolute atomic E-state index is 0.137. The van der Waals surface area contributed by atoms with Crippen LogP contribution in [0.25, 0.3) is 6.08 Å². The molecule has 0 bridgehead atoms. The Morgan fingerprint density at radius 1 is 1.35 bits per heavy atom. The molecule has 1 aliphatic carbocycles. The van der Waals surface area contributed by atoms with Gasteiger partial charge < -0.3 is 15.0 Å². The zero-order valence-electron chi connectivity index (χ0n) is 13.2. The molecule has 2 rings (SSSR count). The first-order chi connectivity index (χ1) is 11.0. The highest BCUT2D eigenvalue weighted by atomic mass is 16.5. The lowest BCUT2D eigenvalue weighted by Gasteiger charge is -2.11. The van der Waals surface area contributed by atoms with Crippen LogP contribution in [0, 0.1) is 11.3 Å². The Morgan fingerprint density at radius 3 is 2.52 bits per heavy atom. The molecule has 1 N–H and O–H groups in total. The van der Waals surface area contributed by atoms with Crippen LogP contribution >= 0.6 is 0 Å². The average Bonchev–Trinajstić information content (AvgIpc) is 3.34.